The quantitative estimate of drug-likeness (QED) is 0.376. The lowest BCUT2D eigenvalue weighted by molar-refractivity contribution is -0.137. The number of thiazole rings is 1. The van der Waals surface area contributed by atoms with Crippen molar-refractivity contribution in [2.24, 2.45) is 0 Å². The van der Waals surface area contributed by atoms with Crippen molar-refractivity contribution in [1.29, 1.82) is 0 Å². The molecule has 0 aliphatic heterocycles. The number of nitrogens with one attached hydrogen (secondary N) is 2. The molecule has 3 heterocycles. The molecule has 4 N–H and O–H groups in total. The number of rotatable bonds is 6. The second-order valence-electron chi connectivity index (χ2n) is 7.26. The van der Waals surface area contributed by atoms with E-state index in [0.29, 0.717) is 33.6 Å². The zero-order valence-corrected chi connectivity index (χ0v) is 18.5. The molecule has 1 amide bonds. The van der Waals surface area contributed by atoms with Gasteiger partial charge in [-0.25, -0.2) is 15.0 Å². The van der Waals surface area contributed by atoms with Crippen LogP contribution in [0.2, 0.25) is 0 Å². The maximum atomic E-state index is 12.7. The minimum atomic E-state index is -4.38. The van der Waals surface area contributed by atoms with Gasteiger partial charge in [0.25, 0.3) is 5.91 Å². The highest BCUT2D eigenvalue weighted by Gasteiger charge is 2.30. The van der Waals surface area contributed by atoms with E-state index in [1.54, 1.807) is 23.7 Å². The minimum Gasteiger partial charge on any atom is -0.383 e. The summed E-state index contributed by atoms with van der Waals surface area (Å²) in [6.45, 7) is 3.72. The number of imidazole rings is 1. The Morgan fingerprint density at radius 2 is 1.94 bits per heavy atom. The number of nitrogens with zero attached hydrogens (tertiary/aromatic N) is 4. The molecular formula is C21H20F3N7OS. The van der Waals surface area contributed by atoms with Crippen molar-refractivity contribution >= 4 is 39.4 Å². The smallest absolute Gasteiger partial charge is 0.383 e. The average molecular weight is 476 g/mol. The van der Waals surface area contributed by atoms with Crippen molar-refractivity contribution in [3.8, 4) is 0 Å². The highest BCUT2D eigenvalue weighted by atomic mass is 32.1. The highest BCUT2D eigenvalue weighted by Crippen LogP contribution is 2.31. The lowest BCUT2D eigenvalue weighted by Gasteiger charge is -2.11. The van der Waals surface area contributed by atoms with E-state index in [9.17, 15) is 18.0 Å². The summed E-state index contributed by atoms with van der Waals surface area (Å²) in [5.41, 5.74) is 7.33. The van der Waals surface area contributed by atoms with Crippen LogP contribution in [0.15, 0.2) is 42.9 Å². The standard InChI is InChI=1S/C21H20F3N7OS/c1-3-14-18(25)31-10-15(26-8-16(31)30-14)19(32)28-11(2)20-27-9-17(33-20)29-13-6-4-12(5-7-13)21(22,23)24/h4-11,29H,3,25H2,1-2H3,(H,28,32). The van der Waals surface area contributed by atoms with E-state index in [0.717, 1.165) is 17.8 Å². The lowest BCUT2D eigenvalue weighted by atomic mass is 10.2. The zero-order valence-electron chi connectivity index (χ0n) is 17.6. The van der Waals surface area contributed by atoms with Gasteiger partial charge in [-0.1, -0.05) is 18.3 Å². The van der Waals surface area contributed by atoms with E-state index in [4.69, 9.17) is 5.73 Å². The molecule has 0 spiro atoms. The van der Waals surface area contributed by atoms with Gasteiger partial charge in [0.05, 0.1) is 29.7 Å². The number of nitrogen functional groups attached to an aromatic ring is 1. The summed E-state index contributed by atoms with van der Waals surface area (Å²) >= 11 is 1.28. The molecule has 0 saturated heterocycles. The summed E-state index contributed by atoms with van der Waals surface area (Å²) in [4.78, 5) is 25.5. The van der Waals surface area contributed by atoms with Crippen molar-refractivity contribution in [1.82, 2.24) is 24.7 Å². The number of carbonyl (C=O) groups is 1. The van der Waals surface area contributed by atoms with Gasteiger partial charge in [0.2, 0.25) is 0 Å². The third-order valence-electron chi connectivity index (χ3n) is 4.91. The van der Waals surface area contributed by atoms with Gasteiger partial charge in [-0.15, -0.1) is 0 Å². The predicted molar refractivity (Wildman–Crippen MR) is 119 cm³/mol. The highest BCUT2D eigenvalue weighted by molar-refractivity contribution is 7.15. The first-order valence-corrected chi connectivity index (χ1v) is 10.8. The molecule has 1 unspecified atom stereocenters. The van der Waals surface area contributed by atoms with Crippen LogP contribution in [0.4, 0.5) is 29.7 Å². The molecule has 0 bridgehead atoms. The second kappa shape index (κ2) is 8.70. The van der Waals surface area contributed by atoms with Crippen molar-refractivity contribution in [2.75, 3.05) is 11.1 Å². The topological polar surface area (TPSA) is 110 Å². The Labute approximate surface area is 190 Å². The van der Waals surface area contributed by atoms with Gasteiger partial charge in [0.15, 0.2) is 5.65 Å². The van der Waals surface area contributed by atoms with Gasteiger partial charge in [-0.2, -0.15) is 13.2 Å². The van der Waals surface area contributed by atoms with E-state index in [1.807, 2.05) is 6.92 Å². The van der Waals surface area contributed by atoms with Crippen molar-refractivity contribution in [3.63, 3.8) is 0 Å². The number of carbonyl (C=O) groups excluding carboxylic acids is 1. The van der Waals surface area contributed by atoms with Crippen LogP contribution in [0.3, 0.4) is 0 Å². The molecule has 0 saturated carbocycles. The average Bonchev–Trinajstić information content (AvgIpc) is 3.37. The van der Waals surface area contributed by atoms with Crippen LogP contribution >= 0.6 is 11.3 Å². The van der Waals surface area contributed by atoms with Crippen LogP contribution in [0.5, 0.6) is 0 Å². The Bertz CT molecular complexity index is 1300. The van der Waals surface area contributed by atoms with Crippen LogP contribution in [0, 0.1) is 0 Å². The minimum absolute atomic E-state index is 0.181. The van der Waals surface area contributed by atoms with E-state index < -0.39 is 23.7 Å². The maximum absolute atomic E-state index is 12.7. The number of halogens is 3. The second-order valence-corrected chi connectivity index (χ2v) is 8.32. The van der Waals surface area contributed by atoms with Gasteiger partial charge in [-0.05, 0) is 37.6 Å². The van der Waals surface area contributed by atoms with Gasteiger partial charge in [0, 0.05) is 11.9 Å². The summed E-state index contributed by atoms with van der Waals surface area (Å²) in [6, 6.07) is 4.29. The lowest BCUT2D eigenvalue weighted by Crippen LogP contribution is -2.27. The zero-order chi connectivity index (χ0) is 23.8. The van der Waals surface area contributed by atoms with Crippen molar-refractivity contribution < 1.29 is 18.0 Å². The summed E-state index contributed by atoms with van der Waals surface area (Å²) in [7, 11) is 0. The monoisotopic (exact) mass is 475 g/mol. The molecule has 4 rings (SSSR count). The van der Waals surface area contributed by atoms with Crippen LogP contribution in [-0.4, -0.2) is 25.3 Å². The first-order valence-electron chi connectivity index (χ1n) is 9.99. The number of amides is 1. The molecule has 1 aromatic carbocycles. The number of aryl methyl sites for hydroxylation is 1. The number of hydrogen-bond donors (Lipinski definition) is 3. The molecule has 172 valence electrons. The number of nitrogens with two attached hydrogens (primary N) is 1. The van der Waals surface area contributed by atoms with Gasteiger partial charge >= 0.3 is 6.18 Å². The van der Waals surface area contributed by atoms with E-state index >= 15 is 0 Å². The number of anilines is 3. The molecule has 0 aliphatic rings. The first-order chi connectivity index (χ1) is 15.7. The summed E-state index contributed by atoms with van der Waals surface area (Å²) in [6.07, 6.45) is 0.871. The predicted octanol–water partition coefficient (Wildman–Crippen LogP) is 4.58. The Morgan fingerprint density at radius 1 is 1.21 bits per heavy atom. The molecular weight excluding hydrogens is 455 g/mol. The molecule has 12 heteroatoms. The molecule has 0 radical (unpaired) electrons. The van der Waals surface area contributed by atoms with E-state index in [2.05, 4.69) is 25.6 Å². The summed E-state index contributed by atoms with van der Waals surface area (Å²) in [5, 5.41) is 7.10. The Morgan fingerprint density at radius 3 is 2.61 bits per heavy atom. The van der Waals surface area contributed by atoms with Gasteiger partial charge < -0.3 is 16.4 Å². The van der Waals surface area contributed by atoms with Crippen LogP contribution in [-0.2, 0) is 12.6 Å². The Balaban J connectivity index is 1.43. The SMILES string of the molecule is CCc1nc2cnc(C(=O)NC(C)c3ncc(Nc4ccc(C(F)(F)F)cc4)s3)cn2c1N. The Kier molecular flexibility index (Phi) is 5.93. The fourth-order valence-electron chi connectivity index (χ4n) is 3.16. The molecule has 0 aliphatic carbocycles. The molecule has 1 atom stereocenters. The molecule has 4 aromatic rings. The fourth-order valence-corrected chi connectivity index (χ4v) is 4.00. The Hall–Kier alpha value is -3.67. The van der Waals surface area contributed by atoms with E-state index in [1.165, 1.54) is 29.7 Å². The van der Waals surface area contributed by atoms with Crippen LogP contribution in [0.1, 0.15) is 46.6 Å². The summed E-state index contributed by atoms with van der Waals surface area (Å²) < 4.78 is 39.7. The number of benzene rings is 1. The largest absolute Gasteiger partial charge is 0.416 e. The number of alkyl halides is 3. The van der Waals surface area contributed by atoms with Crippen LogP contribution in [0.25, 0.3) is 5.65 Å². The third-order valence-corrected chi connectivity index (χ3v) is 6.01. The van der Waals surface area contributed by atoms with Gasteiger partial charge in [0.1, 0.15) is 21.5 Å². The van der Waals surface area contributed by atoms with Crippen molar-refractivity contribution in [2.45, 2.75) is 32.5 Å². The fraction of sp³-hybridized carbons (Fsp3) is 0.238. The third kappa shape index (κ3) is 4.75. The molecule has 0 fully saturated rings. The first kappa shape index (κ1) is 22.5. The molecule has 33 heavy (non-hydrogen) atoms. The van der Waals surface area contributed by atoms with Crippen molar-refractivity contribution in [3.05, 3.63) is 64.8 Å². The number of fused-ring (bicyclic) bond motifs is 1. The number of hydrogen-bond acceptors (Lipinski definition) is 7. The van der Waals surface area contributed by atoms with Crippen LogP contribution < -0.4 is 16.4 Å². The summed E-state index contributed by atoms with van der Waals surface area (Å²) in [5.74, 6) is 0.0684. The van der Waals surface area contributed by atoms with E-state index in [-0.39, 0.29) is 5.69 Å². The normalized spacial score (nSPS) is 12.6. The van der Waals surface area contributed by atoms with Gasteiger partial charge in [-0.3, -0.25) is 9.20 Å². The maximum Gasteiger partial charge on any atom is 0.416 e. The molecule has 8 nitrogen and oxygen atoms in total. The molecule has 3 aromatic heterocycles. The number of aromatic nitrogens is 4.